The van der Waals surface area contributed by atoms with Crippen LogP contribution in [-0.4, -0.2) is 31.7 Å². The van der Waals surface area contributed by atoms with Gasteiger partial charge in [0.15, 0.2) is 0 Å². The van der Waals surface area contributed by atoms with Gasteiger partial charge in [-0.05, 0) is 37.1 Å². The summed E-state index contributed by atoms with van der Waals surface area (Å²) >= 11 is 0. The largest absolute Gasteiger partial charge is 0.294 e. The molecule has 1 unspecified atom stereocenters. The second-order valence-electron chi connectivity index (χ2n) is 4.66. The highest BCUT2D eigenvalue weighted by atomic mass is 32.2. The predicted octanol–water partition coefficient (Wildman–Crippen LogP) is 0.216. The molecule has 1 aromatic carbocycles. The molecule has 8 heteroatoms. The quantitative estimate of drug-likeness (QED) is 0.474. The molecule has 0 aliphatic carbocycles. The molecule has 1 saturated heterocycles. The van der Waals surface area contributed by atoms with Crippen molar-refractivity contribution in [2.75, 3.05) is 13.1 Å². The van der Waals surface area contributed by atoms with Crippen molar-refractivity contribution in [1.82, 2.24) is 9.73 Å². The number of sulfonamides is 1. The highest BCUT2D eigenvalue weighted by molar-refractivity contribution is 7.89. The van der Waals surface area contributed by atoms with E-state index in [1.165, 1.54) is 16.4 Å². The predicted molar refractivity (Wildman–Crippen MR) is 70.2 cm³/mol. The number of hydrogen-bond donors (Lipinski definition) is 2. The van der Waals surface area contributed by atoms with Gasteiger partial charge in [0.25, 0.3) is 0 Å². The number of halogens is 1. The monoisotopic (exact) mass is 301 g/mol. The molecular weight excluding hydrogens is 285 g/mol. The van der Waals surface area contributed by atoms with Crippen LogP contribution < -0.4 is 11.3 Å². The van der Waals surface area contributed by atoms with Crippen LogP contribution in [-0.2, 0) is 14.8 Å². The molecule has 1 aliphatic heterocycles. The van der Waals surface area contributed by atoms with Crippen molar-refractivity contribution in [2.45, 2.75) is 17.7 Å². The van der Waals surface area contributed by atoms with Crippen LogP contribution >= 0.6 is 0 Å². The van der Waals surface area contributed by atoms with Gasteiger partial charge in [0.05, 0.1) is 10.8 Å². The van der Waals surface area contributed by atoms with Gasteiger partial charge in [0.2, 0.25) is 15.9 Å². The zero-order valence-electron chi connectivity index (χ0n) is 10.8. The van der Waals surface area contributed by atoms with Crippen LogP contribution in [0.25, 0.3) is 0 Å². The number of benzene rings is 1. The maximum Gasteiger partial charge on any atom is 0.243 e. The third-order valence-corrected chi connectivity index (χ3v) is 5.23. The number of nitrogens with zero attached hydrogens (tertiary/aromatic N) is 1. The Bertz CT molecular complexity index is 588. The average Bonchev–Trinajstić information content (AvgIpc) is 2.47. The minimum Gasteiger partial charge on any atom is -0.294 e. The molecule has 0 spiro atoms. The van der Waals surface area contributed by atoms with Crippen LogP contribution in [0, 0.1) is 11.7 Å². The number of carbonyl (C=O) groups is 1. The van der Waals surface area contributed by atoms with Crippen molar-refractivity contribution >= 4 is 15.9 Å². The van der Waals surface area contributed by atoms with Crippen molar-refractivity contribution in [3.05, 3.63) is 30.1 Å². The number of nitrogens with one attached hydrogen (secondary N) is 1. The molecule has 1 amide bonds. The van der Waals surface area contributed by atoms with E-state index in [4.69, 9.17) is 5.84 Å². The van der Waals surface area contributed by atoms with Gasteiger partial charge < -0.3 is 0 Å². The Morgan fingerprint density at radius 2 is 2.00 bits per heavy atom. The Hall–Kier alpha value is -1.51. The SMILES string of the molecule is NNC(=O)C1CCCN(S(=O)(=O)c2ccc(F)cc2)C1. The summed E-state index contributed by atoms with van der Waals surface area (Å²) in [4.78, 5) is 11.5. The minimum atomic E-state index is -3.71. The first kappa shape index (κ1) is 14.9. The lowest BCUT2D eigenvalue weighted by atomic mass is 9.99. The van der Waals surface area contributed by atoms with Crippen LogP contribution in [0.5, 0.6) is 0 Å². The van der Waals surface area contributed by atoms with Gasteiger partial charge in [0.1, 0.15) is 5.82 Å². The maximum absolute atomic E-state index is 12.9. The summed E-state index contributed by atoms with van der Waals surface area (Å²) in [5, 5.41) is 0. The van der Waals surface area contributed by atoms with E-state index in [-0.39, 0.29) is 17.3 Å². The third kappa shape index (κ3) is 2.97. The van der Waals surface area contributed by atoms with Crippen molar-refractivity contribution in [3.8, 4) is 0 Å². The minimum absolute atomic E-state index is 0.0210. The Kier molecular flexibility index (Phi) is 4.36. The molecule has 1 aromatic rings. The zero-order chi connectivity index (χ0) is 14.8. The van der Waals surface area contributed by atoms with Gasteiger partial charge in [0, 0.05) is 13.1 Å². The smallest absolute Gasteiger partial charge is 0.243 e. The maximum atomic E-state index is 12.9. The number of hydrazine groups is 1. The fourth-order valence-electron chi connectivity index (χ4n) is 2.25. The van der Waals surface area contributed by atoms with Crippen LogP contribution in [0.2, 0.25) is 0 Å². The first-order chi connectivity index (χ1) is 9.45. The van der Waals surface area contributed by atoms with Crippen molar-refractivity contribution in [1.29, 1.82) is 0 Å². The van der Waals surface area contributed by atoms with E-state index in [9.17, 15) is 17.6 Å². The summed E-state index contributed by atoms with van der Waals surface area (Å²) in [6.07, 6.45) is 1.18. The summed E-state index contributed by atoms with van der Waals surface area (Å²) in [6, 6.07) is 4.64. The fourth-order valence-corrected chi connectivity index (χ4v) is 3.77. The Balaban J connectivity index is 2.21. The summed E-state index contributed by atoms with van der Waals surface area (Å²) in [7, 11) is -3.71. The lowest BCUT2D eigenvalue weighted by molar-refractivity contribution is -0.126. The second-order valence-corrected chi connectivity index (χ2v) is 6.60. The summed E-state index contributed by atoms with van der Waals surface area (Å²) in [5.74, 6) is 3.75. The van der Waals surface area contributed by atoms with E-state index in [0.29, 0.717) is 19.4 Å². The van der Waals surface area contributed by atoms with Crippen molar-refractivity contribution < 1.29 is 17.6 Å². The van der Waals surface area contributed by atoms with E-state index in [2.05, 4.69) is 0 Å². The van der Waals surface area contributed by atoms with Crippen LogP contribution in [0.1, 0.15) is 12.8 Å². The normalized spacial score (nSPS) is 20.6. The van der Waals surface area contributed by atoms with E-state index >= 15 is 0 Å². The Morgan fingerprint density at radius 3 is 2.60 bits per heavy atom. The van der Waals surface area contributed by atoms with E-state index < -0.39 is 21.8 Å². The molecule has 1 aliphatic rings. The number of nitrogens with two attached hydrogens (primary N) is 1. The first-order valence-corrected chi connectivity index (χ1v) is 7.65. The number of amides is 1. The van der Waals surface area contributed by atoms with Gasteiger partial charge in [-0.2, -0.15) is 4.31 Å². The highest BCUT2D eigenvalue weighted by Crippen LogP contribution is 2.23. The molecule has 0 radical (unpaired) electrons. The number of hydrogen-bond acceptors (Lipinski definition) is 4. The van der Waals surface area contributed by atoms with Gasteiger partial charge in [-0.25, -0.2) is 18.7 Å². The topological polar surface area (TPSA) is 92.5 Å². The number of piperidine rings is 1. The lowest BCUT2D eigenvalue weighted by Crippen LogP contribution is -2.46. The molecule has 3 N–H and O–H groups in total. The van der Waals surface area contributed by atoms with Crippen molar-refractivity contribution in [2.24, 2.45) is 11.8 Å². The van der Waals surface area contributed by atoms with E-state index in [0.717, 1.165) is 12.1 Å². The summed E-state index contributed by atoms with van der Waals surface area (Å²) in [6.45, 7) is 0.427. The molecule has 1 atom stereocenters. The first-order valence-electron chi connectivity index (χ1n) is 6.21. The third-order valence-electron chi connectivity index (χ3n) is 3.35. The average molecular weight is 301 g/mol. The molecule has 0 bridgehead atoms. The molecule has 110 valence electrons. The van der Waals surface area contributed by atoms with Crippen LogP contribution in [0.15, 0.2) is 29.2 Å². The van der Waals surface area contributed by atoms with Gasteiger partial charge in [-0.15, -0.1) is 0 Å². The molecule has 6 nitrogen and oxygen atoms in total. The molecule has 1 heterocycles. The van der Waals surface area contributed by atoms with Gasteiger partial charge in [-0.1, -0.05) is 0 Å². The number of rotatable bonds is 3. The summed E-state index contributed by atoms with van der Waals surface area (Å²) < 4.78 is 38.9. The molecule has 1 fully saturated rings. The fraction of sp³-hybridized carbons (Fsp3) is 0.417. The molecule has 2 rings (SSSR count). The van der Waals surface area contributed by atoms with E-state index in [1.54, 1.807) is 0 Å². The molecular formula is C12H16FN3O3S. The van der Waals surface area contributed by atoms with Crippen LogP contribution in [0.3, 0.4) is 0 Å². The Labute approximate surface area is 116 Å². The molecule has 20 heavy (non-hydrogen) atoms. The van der Waals surface area contributed by atoms with Crippen molar-refractivity contribution in [3.63, 3.8) is 0 Å². The second kappa shape index (κ2) is 5.86. The molecule has 0 saturated carbocycles. The number of carbonyl (C=O) groups excluding carboxylic acids is 1. The Morgan fingerprint density at radius 1 is 1.35 bits per heavy atom. The van der Waals surface area contributed by atoms with Gasteiger partial charge >= 0.3 is 0 Å². The van der Waals surface area contributed by atoms with Gasteiger partial charge in [-0.3, -0.25) is 10.2 Å². The molecule has 0 aromatic heterocycles. The summed E-state index contributed by atoms with van der Waals surface area (Å²) in [5.41, 5.74) is 2.04. The van der Waals surface area contributed by atoms with E-state index in [1.807, 2.05) is 5.43 Å². The highest BCUT2D eigenvalue weighted by Gasteiger charge is 2.32. The standard InChI is InChI=1S/C12H16FN3O3S/c13-10-3-5-11(6-4-10)20(18,19)16-7-1-2-9(8-16)12(17)15-14/h3-6,9H,1-2,7-8,14H2,(H,15,17). The lowest BCUT2D eigenvalue weighted by Gasteiger charge is -2.30. The van der Waals surface area contributed by atoms with Crippen LogP contribution in [0.4, 0.5) is 4.39 Å². The zero-order valence-corrected chi connectivity index (χ0v) is 11.6.